The van der Waals surface area contributed by atoms with Crippen LogP contribution < -0.4 is 3.07 Å². The summed E-state index contributed by atoms with van der Waals surface area (Å²) in [4.78, 5) is 10.9. The molecule has 0 aromatic heterocycles. The quantitative estimate of drug-likeness (QED) is 0.556. The third-order valence-electron chi connectivity index (χ3n) is 1.38. The minimum atomic E-state index is -0.265. The van der Waals surface area contributed by atoms with E-state index in [-0.39, 0.29) is 5.97 Å². The first kappa shape index (κ1) is 8.72. The third kappa shape index (κ3) is 2.29. The van der Waals surface area contributed by atoms with Crippen LogP contribution in [0.25, 0.3) is 0 Å². The van der Waals surface area contributed by atoms with Crippen molar-refractivity contribution in [3.8, 4) is 0 Å². The van der Waals surface area contributed by atoms with Gasteiger partial charge in [-0.25, -0.2) is 0 Å². The second-order valence-corrected chi connectivity index (χ2v) is 5.36. The van der Waals surface area contributed by atoms with Gasteiger partial charge in [-0.2, -0.15) is 0 Å². The Morgan fingerprint density at radius 3 is 2.36 bits per heavy atom. The van der Waals surface area contributed by atoms with E-state index in [0.29, 0.717) is 31.7 Å². The molecule has 0 heterocycles. The maximum atomic E-state index is 10.9. The van der Waals surface area contributed by atoms with Gasteiger partial charge in [0.2, 0.25) is 0 Å². The number of esters is 1. The molecule has 0 unspecified atom stereocenters. The van der Waals surface area contributed by atoms with E-state index in [9.17, 15) is 4.79 Å². The Hall–Kier alpha value is -0.375. The van der Waals surface area contributed by atoms with Crippen LogP contribution in [0.2, 0.25) is 0 Å². The van der Waals surface area contributed by atoms with Gasteiger partial charge in [-0.05, 0) is 0 Å². The Kier molecular flexibility index (Phi) is 3.06. The summed E-state index contributed by atoms with van der Waals surface area (Å²) in [6.07, 6.45) is 0. The molecule has 0 aliphatic carbocycles. The predicted molar refractivity (Wildman–Crippen MR) is 37.4 cm³/mol. The average Bonchev–Trinajstić information content (AvgIpc) is 2.05. The predicted octanol–water partition coefficient (Wildman–Crippen LogP) is 0.645. The van der Waals surface area contributed by atoms with Crippen molar-refractivity contribution < 1.29 is 35.7 Å². The summed E-state index contributed by atoms with van der Waals surface area (Å²) >= 11 is 0.634. The van der Waals surface area contributed by atoms with E-state index in [1.54, 1.807) is 12.1 Å². The van der Waals surface area contributed by atoms with Gasteiger partial charge in [0.15, 0.2) is 0 Å². The van der Waals surface area contributed by atoms with Gasteiger partial charge in [0, 0.05) is 0 Å². The zero-order valence-corrected chi connectivity index (χ0v) is 11.8. The first-order valence-electron chi connectivity index (χ1n) is 3.24. The van der Waals surface area contributed by atoms with Crippen molar-refractivity contribution in [3.05, 3.63) is 29.8 Å². The Bertz CT molecular complexity index is 253. The fourth-order valence-electron chi connectivity index (χ4n) is 0.759. The summed E-state index contributed by atoms with van der Waals surface area (Å²) in [5.74, 6) is -0.265. The van der Waals surface area contributed by atoms with Crippen LogP contribution in [-0.4, -0.2) is 13.1 Å². The number of rotatable bonds is 1. The molecule has 0 saturated carbocycles. The van der Waals surface area contributed by atoms with Crippen LogP contribution in [0.5, 0.6) is 0 Å². The van der Waals surface area contributed by atoms with Crippen LogP contribution in [0.4, 0.5) is 0 Å². The average molecular weight is 336 g/mol. The topological polar surface area (TPSA) is 26.3 Å². The SMILES string of the molecule is COC(=O)c1cc[c]([Hg])cc1. The van der Waals surface area contributed by atoms with Gasteiger partial charge in [0.05, 0.1) is 0 Å². The van der Waals surface area contributed by atoms with E-state index in [4.69, 9.17) is 0 Å². The summed E-state index contributed by atoms with van der Waals surface area (Å²) in [5, 5.41) is 0. The van der Waals surface area contributed by atoms with Gasteiger partial charge < -0.3 is 0 Å². The molecule has 0 N–H and O–H groups in total. The van der Waals surface area contributed by atoms with E-state index >= 15 is 0 Å². The van der Waals surface area contributed by atoms with Gasteiger partial charge in [0.1, 0.15) is 0 Å². The molecule has 0 radical (unpaired) electrons. The number of hydrogen-bond acceptors (Lipinski definition) is 2. The molecule has 3 heteroatoms. The Labute approximate surface area is 81.5 Å². The molecular formula is C8H7HgO2. The maximum absolute atomic E-state index is 10.9. The van der Waals surface area contributed by atoms with Crippen molar-refractivity contribution in [2.24, 2.45) is 0 Å². The molecule has 1 aromatic carbocycles. The van der Waals surface area contributed by atoms with E-state index in [0.717, 1.165) is 0 Å². The van der Waals surface area contributed by atoms with Gasteiger partial charge in [-0.15, -0.1) is 0 Å². The van der Waals surface area contributed by atoms with E-state index in [1.807, 2.05) is 12.1 Å². The third-order valence-corrected chi connectivity index (χ3v) is 3.21. The summed E-state index contributed by atoms with van der Waals surface area (Å²) in [7, 11) is 1.39. The molecule has 2 nitrogen and oxygen atoms in total. The number of hydrogen-bond donors (Lipinski definition) is 0. The van der Waals surface area contributed by atoms with Crippen molar-refractivity contribution in [3.63, 3.8) is 0 Å². The van der Waals surface area contributed by atoms with Crippen LogP contribution in [0.1, 0.15) is 10.4 Å². The monoisotopic (exact) mass is 337 g/mol. The van der Waals surface area contributed by atoms with Gasteiger partial charge in [0.25, 0.3) is 0 Å². The molecule has 0 bridgehead atoms. The molecule has 53 valence electrons. The van der Waals surface area contributed by atoms with Crippen molar-refractivity contribution >= 4 is 9.04 Å². The van der Waals surface area contributed by atoms with Crippen molar-refractivity contribution in [2.45, 2.75) is 0 Å². The molecule has 0 amide bonds. The summed E-state index contributed by atoms with van der Waals surface area (Å²) in [5.41, 5.74) is 0.627. The van der Waals surface area contributed by atoms with E-state index in [1.165, 1.54) is 10.2 Å². The molecule has 1 rings (SSSR count). The molecule has 0 fully saturated rings. The Balaban J connectivity index is 2.90. The van der Waals surface area contributed by atoms with E-state index < -0.39 is 0 Å². The van der Waals surface area contributed by atoms with Crippen LogP contribution >= 0.6 is 0 Å². The van der Waals surface area contributed by atoms with Crippen molar-refractivity contribution in [1.29, 1.82) is 0 Å². The number of methoxy groups -OCH3 is 1. The number of carbonyl (C=O) groups is 1. The minimum absolute atomic E-state index is 0.265. The van der Waals surface area contributed by atoms with Crippen molar-refractivity contribution in [2.75, 3.05) is 7.11 Å². The first-order chi connectivity index (χ1) is 5.24. The van der Waals surface area contributed by atoms with Crippen LogP contribution in [0, 0.1) is 0 Å². The van der Waals surface area contributed by atoms with Gasteiger partial charge >= 0.3 is 81.6 Å². The number of benzene rings is 1. The zero-order valence-electron chi connectivity index (χ0n) is 6.33. The van der Waals surface area contributed by atoms with Gasteiger partial charge in [-0.1, -0.05) is 0 Å². The second-order valence-electron chi connectivity index (χ2n) is 2.19. The summed E-state index contributed by atoms with van der Waals surface area (Å²) in [6.45, 7) is 0. The molecule has 0 saturated heterocycles. The van der Waals surface area contributed by atoms with Gasteiger partial charge in [-0.3, -0.25) is 0 Å². The molecule has 11 heavy (non-hydrogen) atoms. The van der Waals surface area contributed by atoms with Crippen LogP contribution in [0.3, 0.4) is 0 Å². The normalized spacial score (nSPS) is 9.36. The van der Waals surface area contributed by atoms with Crippen LogP contribution in [0.15, 0.2) is 24.3 Å². The fraction of sp³-hybridized carbons (Fsp3) is 0.125. The van der Waals surface area contributed by atoms with E-state index in [2.05, 4.69) is 4.74 Å². The molecule has 1 aromatic rings. The molecule has 0 aliphatic heterocycles. The molecule has 0 aliphatic rings. The Morgan fingerprint density at radius 2 is 1.91 bits per heavy atom. The van der Waals surface area contributed by atoms with Crippen molar-refractivity contribution in [1.82, 2.24) is 0 Å². The Morgan fingerprint density at radius 1 is 1.36 bits per heavy atom. The molecule has 0 spiro atoms. The summed E-state index contributed by atoms with van der Waals surface area (Å²) in [6, 6.07) is 7.53. The summed E-state index contributed by atoms with van der Waals surface area (Å²) < 4.78 is 5.88. The standard InChI is InChI=1S/C8H7O2.Hg/c1-10-8(9)7-5-3-2-4-6-7;/h3-6H,1H3;. The zero-order chi connectivity index (χ0) is 8.27. The van der Waals surface area contributed by atoms with Crippen LogP contribution in [-0.2, 0) is 30.9 Å². The molecule has 0 atom stereocenters. The fourth-order valence-corrected chi connectivity index (χ4v) is 1.67. The molecular weight excluding hydrogens is 329 g/mol. The number of ether oxygens (including phenoxy) is 1. The second kappa shape index (κ2) is 3.86. The number of carbonyl (C=O) groups excluding carboxylic acids is 1. The first-order valence-corrected chi connectivity index (χ1v) is 5.99.